The molecule has 0 bridgehead atoms. The van der Waals surface area contributed by atoms with Gasteiger partial charge in [0.25, 0.3) is 0 Å². The lowest BCUT2D eigenvalue weighted by molar-refractivity contribution is -0.179. The van der Waals surface area contributed by atoms with Crippen LogP contribution in [0.4, 0.5) is 0 Å². The molecule has 2 heterocycles. The summed E-state index contributed by atoms with van der Waals surface area (Å²) in [5.74, 6) is -0.0972. The van der Waals surface area contributed by atoms with E-state index in [1.165, 1.54) is 0 Å². The first-order valence-corrected chi connectivity index (χ1v) is 2.12. The van der Waals surface area contributed by atoms with Crippen molar-refractivity contribution < 1.29 is 9.53 Å². The topological polar surface area (TPSA) is 38.7 Å². The summed E-state index contributed by atoms with van der Waals surface area (Å²) < 4.78 is 4.50. The highest BCUT2D eigenvalue weighted by atomic mass is 16.6. The van der Waals surface area contributed by atoms with Crippen molar-refractivity contribution in [2.45, 2.75) is 6.23 Å². The molecule has 2 unspecified atom stereocenters. The van der Waals surface area contributed by atoms with Crippen molar-refractivity contribution in [2.24, 2.45) is 10.9 Å². The van der Waals surface area contributed by atoms with E-state index in [4.69, 9.17) is 0 Å². The van der Waals surface area contributed by atoms with E-state index in [2.05, 4.69) is 9.73 Å². The zero-order valence-corrected chi connectivity index (χ0v) is 3.50. The van der Waals surface area contributed by atoms with E-state index in [9.17, 15) is 4.79 Å². The van der Waals surface area contributed by atoms with Gasteiger partial charge in [-0.15, -0.1) is 0 Å². The Balaban J connectivity index is 2.29. The van der Waals surface area contributed by atoms with Crippen LogP contribution in [0.3, 0.4) is 0 Å². The smallest absolute Gasteiger partial charge is 0.322 e. The summed E-state index contributed by atoms with van der Waals surface area (Å²) in [6.45, 7) is 0. The average molecular weight is 97.1 g/mol. The van der Waals surface area contributed by atoms with Gasteiger partial charge >= 0.3 is 5.97 Å². The molecule has 2 aliphatic heterocycles. The molecular weight excluding hydrogens is 94.0 g/mol. The summed E-state index contributed by atoms with van der Waals surface area (Å²) in [7, 11) is 0. The van der Waals surface area contributed by atoms with Crippen molar-refractivity contribution in [1.29, 1.82) is 0 Å². The minimum atomic E-state index is -0.125. The van der Waals surface area contributed by atoms with E-state index in [1.54, 1.807) is 6.21 Å². The van der Waals surface area contributed by atoms with Crippen LogP contribution < -0.4 is 0 Å². The average Bonchev–Trinajstić information content (AvgIpc) is 1.59. The van der Waals surface area contributed by atoms with E-state index >= 15 is 0 Å². The summed E-state index contributed by atoms with van der Waals surface area (Å²) in [5, 5.41) is 0. The van der Waals surface area contributed by atoms with Gasteiger partial charge in [0.1, 0.15) is 5.92 Å². The Kier molecular flexibility index (Phi) is 0.323. The fourth-order valence-corrected chi connectivity index (χ4v) is 0.649. The molecule has 3 nitrogen and oxygen atoms in total. The van der Waals surface area contributed by atoms with Crippen molar-refractivity contribution in [2.75, 3.05) is 0 Å². The third-order valence-electron chi connectivity index (χ3n) is 1.21. The van der Waals surface area contributed by atoms with Crippen LogP contribution in [-0.2, 0) is 9.53 Å². The molecule has 0 aliphatic carbocycles. The summed E-state index contributed by atoms with van der Waals surface area (Å²) in [6.07, 6.45) is 1.53. The van der Waals surface area contributed by atoms with Gasteiger partial charge in [0.15, 0.2) is 0 Å². The highest BCUT2D eigenvalue weighted by molar-refractivity contribution is 5.98. The van der Waals surface area contributed by atoms with Gasteiger partial charge in [0, 0.05) is 6.21 Å². The number of carbonyl (C=O) groups is 1. The molecule has 7 heavy (non-hydrogen) atoms. The molecule has 0 spiro atoms. The van der Waals surface area contributed by atoms with Crippen LogP contribution >= 0.6 is 0 Å². The number of aliphatic imine (C=N–C) groups is 1. The summed E-state index contributed by atoms with van der Waals surface area (Å²) in [5.41, 5.74) is 0. The first-order chi connectivity index (χ1) is 3.38. The number of carbonyl (C=O) groups excluding carboxylic acids is 1. The fourth-order valence-electron chi connectivity index (χ4n) is 0.649. The number of fused-ring (bicyclic) bond motifs is 1. The second-order valence-electron chi connectivity index (χ2n) is 1.65. The molecule has 0 aromatic rings. The molecule has 0 amide bonds. The number of esters is 1. The summed E-state index contributed by atoms with van der Waals surface area (Å²) >= 11 is 0. The quantitative estimate of drug-likeness (QED) is 0.385. The zero-order chi connectivity index (χ0) is 4.85. The monoisotopic (exact) mass is 97.0 g/mol. The summed E-state index contributed by atoms with van der Waals surface area (Å²) in [6, 6.07) is 0. The highest BCUT2D eigenvalue weighted by Gasteiger charge is 2.46. The number of nitrogens with zero attached hydrogens (tertiary/aromatic N) is 1. The molecule has 1 fully saturated rings. The Bertz CT molecular complexity index is 152. The first-order valence-electron chi connectivity index (χ1n) is 2.12. The van der Waals surface area contributed by atoms with E-state index in [0.717, 1.165) is 0 Å². The van der Waals surface area contributed by atoms with Crippen molar-refractivity contribution in [3.05, 3.63) is 0 Å². The molecule has 0 radical (unpaired) electrons. The Morgan fingerprint density at radius 3 is 2.71 bits per heavy atom. The zero-order valence-electron chi connectivity index (χ0n) is 3.50. The van der Waals surface area contributed by atoms with Crippen LogP contribution in [0.2, 0.25) is 0 Å². The Labute approximate surface area is 40.0 Å². The van der Waals surface area contributed by atoms with E-state index in [0.29, 0.717) is 0 Å². The molecule has 0 aromatic carbocycles. The predicted octanol–water partition coefficient (Wildman–Crippen LogP) is -0.430. The fraction of sp³-hybridized carbons (Fsp3) is 0.500. The second kappa shape index (κ2) is 0.710. The van der Waals surface area contributed by atoms with Gasteiger partial charge in [0.05, 0.1) is 0 Å². The van der Waals surface area contributed by atoms with Gasteiger partial charge in [-0.3, -0.25) is 9.79 Å². The highest BCUT2D eigenvalue weighted by Crippen LogP contribution is 2.27. The largest absolute Gasteiger partial charge is 0.438 e. The number of hydrogen-bond donors (Lipinski definition) is 0. The van der Waals surface area contributed by atoms with Gasteiger partial charge in [-0.05, 0) is 0 Å². The number of ether oxygens (including phenoxy) is 1. The molecule has 2 rings (SSSR count). The van der Waals surface area contributed by atoms with E-state index < -0.39 is 0 Å². The molecule has 0 saturated carbocycles. The van der Waals surface area contributed by atoms with Crippen LogP contribution in [0.15, 0.2) is 4.99 Å². The first kappa shape index (κ1) is 3.18. The van der Waals surface area contributed by atoms with Crippen molar-refractivity contribution in [1.82, 2.24) is 0 Å². The number of hydrogen-bond acceptors (Lipinski definition) is 3. The Hall–Kier alpha value is -0.860. The molecule has 0 N–H and O–H groups in total. The molecule has 1 saturated heterocycles. The maximum atomic E-state index is 10.2. The van der Waals surface area contributed by atoms with Gasteiger partial charge in [-0.25, -0.2) is 0 Å². The van der Waals surface area contributed by atoms with Crippen LogP contribution in [0.25, 0.3) is 0 Å². The molecular formula is C4H3NO2. The minimum absolute atomic E-state index is 0.0278. The maximum Gasteiger partial charge on any atom is 0.322 e. The van der Waals surface area contributed by atoms with E-state index in [-0.39, 0.29) is 18.1 Å². The molecule has 3 heteroatoms. The Morgan fingerprint density at radius 1 is 1.86 bits per heavy atom. The van der Waals surface area contributed by atoms with Crippen LogP contribution in [0, 0.1) is 5.92 Å². The van der Waals surface area contributed by atoms with Gasteiger partial charge in [-0.1, -0.05) is 0 Å². The van der Waals surface area contributed by atoms with Crippen LogP contribution in [-0.4, -0.2) is 18.4 Å². The SMILES string of the molecule is O=C1OC2N=CC12. The standard InChI is InChI=1S/C4H3NO2/c6-4-2-1-5-3(2)7-4/h1-3H. The molecule has 2 atom stereocenters. The predicted molar refractivity (Wildman–Crippen MR) is 21.9 cm³/mol. The second-order valence-corrected chi connectivity index (χ2v) is 1.65. The number of rotatable bonds is 0. The Morgan fingerprint density at radius 2 is 2.71 bits per heavy atom. The molecule has 2 aliphatic rings. The van der Waals surface area contributed by atoms with Crippen LogP contribution in [0.1, 0.15) is 0 Å². The third kappa shape index (κ3) is 0.195. The normalized spacial score (nSPS) is 43.1. The lowest BCUT2D eigenvalue weighted by Gasteiger charge is -2.35. The van der Waals surface area contributed by atoms with Gasteiger partial charge in [-0.2, -0.15) is 0 Å². The maximum absolute atomic E-state index is 10.2. The van der Waals surface area contributed by atoms with Gasteiger partial charge < -0.3 is 4.74 Å². The minimum Gasteiger partial charge on any atom is -0.438 e. The molecule has 0 aromatic heterocycles. The third-order valence-corrected chi connectivity index (χ3v) is 1.21. The van der Waals surface area contributed by atoms with Crippen molar-refractivity contribution >= 4 is 12.2 Å². The molecule has 36 valence electrons. The van der Waals surface area contributed by atoms with Gasteiger partial charge in [0.2, 0.25) is 6.23 Å². The van der Waals surface area contributed by atoms with Crippen molar-refractivity contribution in [3.8, 4) is 0 Å². The summed E-state index contributed by atoms with van der Waals surface area (Å²) in [4.78, 5) is 13.9. The van der Waals surface area contributed by atoms with E-state index in [1.807, 2.05) is 0 Å². The van der Waals surface area contributed by atoms with Crippen molar-refractivity contribution in [3.63, 3.8) is 0 Å². The lowest BCUT2D eigenvalue weighted by atomic mass is 10.0. The van der Waals surface area contributed by atoms with Crippen LogP contribution in [0.5, 0.6) is 0 Å². The lowest BCUT2D eigenvalue weighted by Crippen LogP contribution is -2.50.